The largest absolute Gasteiger partial charge is 0.387 e. The second kappa shape index (κ2) is 6.21. The molecule has 3 nitrogen and oxygen atoms in total. The van der Waals surface area contributed by atoms with E-state index in [1.807, 2.05) is 6.07 Å². The molecule has 1 aromatic rings. The van der Waals surface area contributed by atoms with E-state index in [1.54, 1.807) is 0 Å². The second-order valence-electron chi connectivity index (χ2n) is 5.10. The predicted molar refractivity (Wildman–Crippen MR) is 73.9 cm³/mol. The van der Waals surface area contributed by atoms with E-state index >= 15 is 0 Å². The molecule has 1 heterocycles. The summed E-state index contributed by atoms with van der Waals surface area (Å²) >= 11 is 0. The number of rotatable bonds is 5. The minimum atomic E-state index is -0.625. The number of anilines is 1. The SMILES string of the molecule is CCCOCC1(O)CCN(c2ccccc2)CC1. The second-order valence-corrected chi connectivity index (χ2v) is 5.10. The molecule has 1 fully saturated rings. The molecule has 0 spiro atoms. The van der Waals surface area contributed by atoms with Crippen LogP contribution in [0.5, 0.6) is 0 Å². The van der Waals surface area contributed by atoms with Crippen LogP contribution < -0.4 is 4.90 Å². The van der Waals surface area contributed by atoms with E-state index in [1.165, 1.54) is 5.69 Å². The van der Waals surface area contributed by atoms with Crippen molar-refractivity contribution in [2.45, 2.75) is 31.8 Å². The summed E-state index contributed by atoms with van der Waals surface area (Å²) in [5.41, 5.74) is 0.620. The molecular weight excluding hydrogens is 226 g/mol. The number of aliphatic hydroxyl groups is 1. The fourth-order valence-electron chi connectivity index (χ4n) is 2.37. The van der Waals surface area contributed by atoms with Crippen LogP contribution in [-0.4, -0.2) is 37.0 Å². The summed E-state index contributed by atoms with van der Waals surface area (Å²) in [6.07, 6.45) is 2.57. The molecule has 1 aliphatic rings. The molecule has 0 aliphatic carbocycles. The van der Waals surface area contributed by atoms with E-state index < -0.39 is 5.60 Å². The average Bonchev–Trinajstić information content (AvgIpc) is 2.41. The Bertz CT molecular complexity index is 345. The molecule has 2 rings (SSSR count). The number of benzene rings is 1. The van der Waals surface area contributed by atoms with Gasteiger partial charge in [0.25, 0.3) is 0 Å². The maximum Gasteiger partial charge on any atom is 0.0913 e. The number of nitrogens with zero attached hydrogens (tertiary/aromatic N) is 1. The topological polar surface area (TPSA) is 32.7 Å². The Morgan fingerprint density at radius 1 is 1.22 bits per heavy atom. The van der Waals surface area contributed by atoms with Gasteiger partial charge in [0.2, 0.25) is 0 Å². The number of para-hydroxylation sites is 1. The molecule has 0 saturated carbocycles. The van der Waals surface area contributed by atoms with E-state index in [2.05, 4.69) is 36.1 Å². The third-order valence-corrected chi connectivity index (χ3v) is 3.53. The van der Waals surface area contributed by atoms with Crippen LogP contribution in [0.15, 0.2) is 30.3 Å². The van der Waals surface area contributed by atoms with Crippen LogP contribution in [0.2, 0.25) is 0 Å². The van der Waals surface area contributed by atoms with Crippen molar-refractivity contribution in [3.63, 3.8) is 0 Å². The zero-order valence-electron chi connectivity index (χ0n) is 11.1. The quantitative estimate of drug-likeness (QED) is 0.814. The first-order valence-corrected chi connectivity index (χ1v) is 6.84. The van der Waals surface area contributed by atoms with Gasteiger partial charge in [-0.3, -0.25) is 0 Å². The third-order valence-electron chi connectivity index (χ3n) is 3.53. The Kier molecular flexibility index (Phi) is 4.61. The minimum absolute atomic E-state index is 0.476. The molecule has 1 aromatic carbocycles. The Hall–Kier alpha value is -1.06. The Labute approximate surface area is 109 Å². The third kappa shape index (κ3) is 3.47. The Balaban J connectivity index is 1.84. The van der Waals surface area contributed by atoms with Crippen LogP contribution in [-0.2, 0) is 4.74 Å². The smallest absolute Gasteiger partial charge is 0.0913 e. The zero-order chi connectivity index (χ0) is 12.8. The predicted octanol–water partition coefficient (Wildman–Crippen LogP) is 2.44. The van der Waals surface area contributed by atoms with Gasteiger partial charge in [0.05, 0.1) is 12.2 Å². The summed E-state index contributed by atoms with van der Waals surface area (Å²) in [5, 5.41) is 10.4. The van der Waals surface area contributed by atoms with Gasteiger partial charge in [-0.05, 0) is 31.4 Å². The number of hydrogen-bond donors (Lipinski definition) is 1. The van der Waals surface area contributed by atoms with Crippen molar-refractivity contribution in [1.29, 1.82) is 0 Å². The number of ether oxygens (including phenoxy) is 1. The average molecular weight is 249 g/mol. The molecule has 100 valence electrons. The van der Waals surface area contributed by atoms with Gasteiger partial charge in [-0.15, -0.1) is 0 Å². The van der Waals surface area contributed by atoms with Gasteiger partial charge >= 0.3 is 0 Å². The standard InChI is InChI=1S/C15H23NO2/c1-2-12-18-13-15(17)8-10-16(11-9-15)14-6-4-3-5-7-14/h3-7,17H,2,8-13H2,1H3. The molecule has 1 saturated heterocycles. The molecule has 18 heavy (non-hydrogen) atoms. The normalized spacial score (nSPS) is 18.9. The monoisotopic (exact) mass is 249 g/mol. The molecule has 0 unspecified atom stereocenters. The fraction of sp³-hybridized carbons (Fsp3) is 0.600. The molecular formula is C15H23NO2. The van der Waals surface area contributed by atoms with Crippen molar-refractivity contribution < 1.29 is 9.84 Å². The summed E-state index contributed by atoms with van der Waals surface area (Å²) in [5.74, 6) is 0. The molecule has 0 amide bonds. The Morgan fingerprint density at radius 2 is 1.89 bits per heavy atom. The summed E-state index contributed by atoms with van der Waals surface area (Å²) in [6.45, 7) is 5.10. The molecule has 0 aromatic heterocycles. The lowest BCUT2D eigenvalue weighted by atomic mass is 9.92. The molecule has 1 aliphatic heterocycles. The van der Waals surface area contributed by atoms with Gasteiger partial charge in [-0.1, -0.05) is 25.1 Å². The lowest BCUT2D eigenvalue weighted by Crippen LogP contribution is -2.47. The zero-order valence-corrected chi connectivity index (χ0v) is 11.1. The minimum Gasteiger partial charge on any atom is -0.387 e. The van der Waals surface area contributed by atoms with E-state index in [9.17, 15) is 5.11 Å². The summed E-state index contributed by atoms with van der Waals surface area (Å²) < 4.78 is 5.50. The highest BCUT2D eigenvalue weighted by molar-refractivity contribution is 5.46. The lowest BCUT2D eigenvalue weighted by molar-refractivity contribution is -0.0605. The van der Waals surface area contributed by atoms with Gasteiger partial charge in [0.15, 0.2) is 0 Å². The van der Waals surface area contributed by atoms with E-state index in [4.69, 9.17) is 4.74 Å². The molecule has 1 N–H and O–H groups in total. The van der Waals surface area contributed by atoms with E-state index in [0.717, 1.165) is 39.0 Å². The van der Waals surface area contributed by atoms with Gasteiger partial charge in [0, 0.05) is 25.4 Å². The molecule has 0 bridgehead atoms. The van der Waals surface area contributed by atoms with Crippen LogP contribution in [0.1, 0.15) is 26.2 Å². The number of piperidine rings is 1. The summed E-state index contributed by atoms with van der Waals surface area (Å²) in [7, 11) is 0. The Morgan fingerprint density at radius 3 is 2.50 bits per heavy atom. The van der Waals surface area contributed by atoms with Gasteiger partial charge < -0.3 is 14.7 Å². The van der Waals surface area contributed by atoms with Crippen molar-refractivity contribution in [2.24, 2.45) is 0 Å². The summed E-state index contributed by atoms with van der Waals surface area (Å²) in [6, 6.07) is 10.4. The maximum atomic E-state index is 10.4. The fourth-order valence-corrected chi connectivity index (χ4v) is 2.37. The lowest BCUT2D eigenvalue weighted by Gasteiger charge is -2.39. The van der Waals surface area contributed by atoms with Gasteiger partial charge in [-0.2, -0.15) is 0 Å². The number of hydrogen-bond acceptors (Lipinski definition) is 3. The van der Waals surface area contributed by atoms with Crippen LogP contribution in [0.4, 0.5) is 5.69 Å². The van der Waals surface area contributed by atoms with E-state index in [0.29, 0.717) is 6.61 Å². The highest BCUT2D eigenvalue weighted by atomic mass is 16.5. The van der Waals surface area contributed by atoms with Crippen molar-refractivity contribution in [2.75, 3.05) is 31.2 Å². The van der Waals surface area contributed by atoms with Crippen LogP contribution in [0.25, 0.3) is 0 Å². The van der Waals surface area contributed by atoms with Gasteiger partial charge in [0.1, 0.15) is 0 Å². The molecule has 0 radical (unpaired) electrons. The van der Waals surface area contributed by atoms with Crippen molar-refractivity contribution in [3.8, 4) is 0 Å². The maximum absolute atomic E-state index is 10.4. The van der Waals surface area contributed by atoms with Gasteiger partial charge in [-0.25, -0.2) is 0 Å². The molecule has 3 heteroatoms. The molecule has 0 atom stereocenters. The highest BCUT2D eigenvalue weighted by Gasteiger charge is 2.32. The first kappa shape index (κ1) is 13.4. The van der Waals surface area contributed by atoms with Crippen molar-refractivity contribution in [1.82, 2.24) is 0 Å². The van der Waals surface area contributed by atoms with Crippen LogP contribution in [0, 0.1) is 0 Å². The highest BCUT2D eigenvalue weighted by Crippen LogP contribution is 2.26. The van der Waals surface area contributed by atoms with E-state index in [-0.39, 0.29) is 0 Å². The first-order valence-electron chi connectivity index (χ1n) is 6.84. The van der Waals surface area contributed by atoms with Crippen LogP contribution >= 0.6 is 0 Å². The first-order chi connectivity index (χ1) is 8.73. The summed E-state index contributed by atoms with van der Waals surface area (Å²) in [4.78, 5) is 2.33. The van der Waals surface area contributed by atoms with Crippen molar-refractivity contribution in [3.05, 3.63) is 30.3 Å². The van der Waals surface area contributed by atoms with Crippen LogP contribution in [0.3, 0.4) is 0 Å². The van der Waals surface area contributed by atoms with Crippen molar-refractivity contribution >= 4 is 5.69 Å².